The molecule has 0 fully saturated rings. The van der Waals surface area contributed by atoms with Crippen LogP contribution in [0.5, 0.6) is 0 Å². The summed E-state index contributed by atoms with van der Waals surface area (Å²) in [6, 6.07) is 3.36. The summed E-state index contributed by atoms with van der Waals surface area (Å²) in [5.74, 6) is 5.39. The average Bonchev–Trinajstić information content (AvgIpc) is 2.25. The third-order valence-electron chi connectivity index (χ3n) is 1.81. The zero-order valence-corrected chi connectivity index (χ0v) is 9.20. The van der Waals surface area contributed by atoms with Crippen LogP contribution in [0, 0.1) is 11.8 Å². The van der Waals surface area contributed by atoms with E-state index in [9.17, 15) is 9.59 Å². The molecule has 0 spiro atoms. The molecule has 82 valence electrons. The van der Waals surface area contributed by atoms with Gasteiger partial charge < -0.3 is 5.32 Å². The molecule has 0 atom stereocenters. The number of Topliss-reactive ketones (excluding diaryl/α,β-unsaturated/α-hetero) is 1. The molecule has 1 aromatic heterocycles. The quantitative estimate of drug-likeness (QED) is 0.587. The predicted octanol–water partition coefficient (Wildman–Crippen LogP) is 0.772. The predicted molar refractivity (Wildman–Crippen MR) is 59.8 cm³/mol. The molecule has 1 N–H and O–H groups in total. The Bertz CT molecular complexity index is 452. The number of amides is 1. The maximum atomic E-state index is 11.0. The summed E-state index contributed by atoms with van der Waals surface area (Å²) in [7, 11) is 0. The number of hydrogen-bond acceptors (Lipinski definition) is 3. The van der Waals surface area contributed by atoms with Crippen molar-refractivity contribution in [3.05, 3.63) is 29.6 Å². The van der Waals surface area contributed by atoms with Crippen LogP contribution in [0.1, 0.15) is 29.9 Å². The number of carbonyl (C=O) groups is 2. The van der Waals surface area contributed by atoms with Crippen LogP contribution in [-0.2, 0) is 4.79 Å². The third kappa shape index (κ3) is 3.93. The average molecular weight is 216 g/mol. The molecule has 0 saturated heterocycles. The zero-order chi connectivity index (χ0) is 12.0. The van der Waals surface area contributed by atoms with Crippen molar-refractivity contribution in [3.8, 4) is 11.8 Å². The van der Waals surface area contributed by atoms with Gasteiger partial charge in [-0.2, -0.15) is 0 Å². The van der Waals surface area contributed by atoms with E-state index in [0.29, 0.717) is 17.8 Å². The molecule has 16 heavy (non-hydrogen) atoms. The Hall–Kier alpha value is -2.15. The van der Waals surface area contributed by atoms with Gasteiger partial charge in [-0.1, -0.05) is 5.92 Å². The number of nitrogens with zero attached hydrogens (tertiary/aromatic N) is 1. The highest BCUT2D eigenvalue weighted by Gasteiger charge is 1.97. The second-order valence-electron chi connectivity index (χ2n) is 3.20. The minimum absolute atomic E-state index is 0.0229. The number of hydrogen-bond donors (Lipinski definition) is 1. The Morgan fingerprint density at radius 3 is 2.62 bits per heavy atom. The maximum absolute atomic E-state index is 11.0. The van der Waals surface area contributed by atoms with Crippen molar-refractivity contribution < 1.29 is 9.59 Å². The van der Waals surface area contributed by atoms with Gasteiger partial charge in [0.05, 0.1) is 6.54 Å². The number of ketones is 1. The molecule has 0 aliphatic rings. The number of aromatic nitrogens is 1. The van der Waals surface area contributed by atoms with E-state index in [0.717, 1.165) is 0 Å². The molecule has 0 unspecified atom stereocenters. The molecule has 1 aromatic rings. The van der Waals surface area contributed by atoms with E-state index in [1.807, 2.05) is 0 Å². The second-order valence-corrected chi connectivity index (χ2v) is 3.20. The largest absolute Gasteiger partial charge is 0.345 e. The normalized spacial score (nSPS) is 8.88. The molecule has 1 heterocycles. The Kier molecular flexibility index (Phi) is 4.22. The van der Waals surface area contributed by atoms with Gasteiger partial charge in [-0.15, -0.1) is 0 Å². The lowest BCUT2D eigenvalue weighted by molar-refractivity contribution is -0.118. The van der Waals surface area contributed by atoms with Crippen molar-refractivity contribution in [1.29, 1.82) is 0 Å². The van der Waals surface area contributed by atoms with Gasteiger partial charge in [-0.3, -0.25) is 9.59 Å². The van der Waals surface area contributed by atoms with Gasteiger partial charge in [0, 0.05) is 18.7 Å². The molecule has 0 bridgehead atoms. The SMILES string of the molecule is CC(=O)NCC#Cc1ccc(C(C)=O)cn1. The van der Waals surface area contributed by atoms with Gasteiger partial charge >= 0.3 is 0 Å². The van der Waals surface area contributed by atoms with Crippen molar-refractivity contribution in [1.82, 2.24) is 10.3 Å². The Balaban J connectivity index is 2.61. The van der Waals surface area contributed by atoms with Gasteiger partial charge in [0.15, 0.2) is 5.78 Å². The lowest BCUT2D eigenvalue weighted by atomic mass is 10.2. The molecule has 4 heteroatoms. The molecule has 1 rings (SSSR count). The van der Waals surface area contributed by atoms with Crippen molar-refractivity contribution in [3.63, 3.8) is 0 Å². The Labute approximate surface area is 94.1 Å². The van der Waals surface area contributed by atoms with Gasteiger partial charge in [-0.25, -0.2) is 4.98 Å². The summed E-state index contributed by atoms with van der Waals surface area (Å²) in [6.07, 6.45) is 1.49. The third-order valence-corrected chi connectivity index (χ3v) is 1.81. The van der Waals surface area contributed by atoms with Crippen LogP contribution in [-0.4, -0.2) is 23.2 Å². The molecule has 0 saturated carbocycles. The van der Waals surface area contributed by atoms with Gasteiger partial charge in [-0.05, 0) is 25.0 Å². The summed E-state index contributed by atoms with van der Waals surface area (Å²) < 4.78 is 0. The van der Waals surface area contributed by atoms with E-state index in [4.69, 9.17) is 0 Å². The number of nitrogens with one attached hydrogen (secondary N) is 1. The molecule has 0 radical (unpaired) electrons. The van der Waals surface area contributed by atoms with E-state index < -0.39 is 0 Å². The van der Waals surface area contributed by atoms with E-state index >= 15 is 0 Å². The van der Waals surface area contributed by atoms with E-state index in [-0.39, 0.29) is 11.7 Å². The summed E-state index contributed by atoms with van der Waals surface area (Å²) in [4.78, 5) is 25.5. The van der Waals surface area contributed by atoms with Gasteiger partial charge in [0.25, 0.3) is 0 Å². The summed E-state index contributed by atoms with van der Waals surface area (Å²) in [5, 5.41) is 2.55. The van der Waals surface area contributed by atoms with Crippen molar-refractivity contribution in [2.24, 2.45) is 0 Å². The molecule has 4 nitrogen and oxygen atoms in total. The molecule has 0 aliphatic heterocycles. The monoisotopic (exact) mass is 216 g/mol. The van der Waals surface area contributed by atoms with Gasteiger partial charge in [0.2, 0.25) is 5.91 Å². The van der Waals surface area contributed by atoms with Crippen LogP contribution in [0.2, 0.25) is 0 Å². The first-order chi connectivity index (χ1) is 7.59. The molecular formula is C12H12N2O2. The number of carbonyl (C=O) groups excluding carboxylic acids is 2. The highest BCUT2D eigenvalue weighted by Crippen LogP contribution is 1.99. The number of rotatable bonds is 2. The lowest BCUT2D eigenvalue weighted by Crippen LogP contribution is -2.19. The van der Waals surface area contributed by atoms with Crippen molar-refractivity contribution in [2.45, 2.75) is 13.8 Å². The Morgan fingerprint density at radius 2 is 2.12 bits per heavy atom. The van der Waals surface area contributed by atoms with E-state index in [2.05, 4.69) is 22.1 Å². The van der Waals surface area contributed by atoms with Crippen LogP contribution >= 0.6 is 0 Å². The molecule has 0 aliphatic carbocycles. The molecule has 1 amide bonds. The van der Waals surface area contributed by atoms with Crippen LogP contribution in [0.15, 0.2) is 18.3 Å². The van der Waals surface area contributed by atoms with Crippen LogP contribution in [0.4, 0.5) is 0 Å². The van der Waals surface area contributed by atoms with Crippen molar-refractivity contribution >= 4 is 11.7 Å². The molecular weight excluding hydrogens is 204 g/mol. The summed E-state index contributed by atoms with van der Waals surface area (Å²) >= 11 is 0. The molecule has 0 aromatic carbocycles. The number of pyridine rings is 1. The van der Waals surface area contributed by atoms with Crippen LogP contribution in [0.3, 0.4) is 0 Å². The second kappa shape index (κ2) is 5.66. The van der Waals surface area contributed by atoms with Gasteiger partial charge in [0.1, 0.15) is 5.69 Å². The fraction of sp³-hybridized carbons (Fsp3) is 0.250. The first kappa shape index (κ1) is 11.9. The fourth-order valence-corrected chi connectivity index (χ4v) is 0.979. The van der Waals surface area contributed by atoms with Crippen molar-refractivity contribution in [2.75, 3.05) is 6.54 Å². The fourth-order valence-electron chi connectivity index (χ4n) is 0.979. The summed E-state index contributed by atoms with van der Waals surface area (Å²) in [5.41, 5.74) is 1.14. The first-order valence-electron chi connectivity index (χ1n) is 4.80. The minimum Gasteiger partial charge on any atom is -0.345 e. The first-order valence-corrected chi connectivity index (χ1v) is 4.80. The van der Waals surface area contributed by atoms with E-state index in [1.165, 1.54) is 20.0 Å². The van der Waals surface area contributed by atoms with Crippen LogP contribution < -0.4 is 5.32 Å². The highest BCUT2D eigenvalue weighted by atomic mass is 16.1. The lowest BCUT2D eigenvalue weighted by Gasteiger charge is -1.94. The Morgan fingerprint density at radius 1 is 1.38 bits per heavy atom. The topological polar surface area (TPSA) is 59.1 Å². The maximum Gasteiger partial charge on any atom is 0.217 e. The smallest absolute Gasteiger partial charge is 0.217 e. The van der Waals surface area contributed by atoms with E-state index in [1.54, 1.807) is 12.1 Å². The van der Waals surface area contributed by atoms with Crippen LogP contribution in [0.25, 0.3) is 0 Å². The summed E-state index contributed by atoms with van der Waals surface area (Å²) in [6.45, 7) is 3.21. The minimum atomic E-state index is -0.116. The zero-order valence-electron chi connectivity index (χ0n) is 9.20. The highest BCUT2D eigenvalue weighted by molar-refractivity contribution is 5.93. The standard InChI is InChI=1S/C12H12N2O2/c1-9(15)11-5-6-12(14-8-11)4-3-7-13-10(2)16/h5-6,8H,7H2,1-2H3,(H,13,16).